The van der Waals surface area contributed by atoms with Gasteiger partial charge in [0.15, 0.2) is 0 Å². The molecule has 0 bridgehead atoms. The van der Waals surface area contributed by atoms with Crippen molar-refractivity contribution in [2.24, 2.45) is 0 Å². The number of likely N-dealkylation sites (tertiary alicyclic amines) is 1. The first-order valence-corrected chi connectivity index (χ1v) is 11.4. The first-order valence-electron chi connectivity index (χ1n) is 9.52. The molecule has 1 fully saturated rings. The van der Waals surface area contributed by atoms with E-state index in [1.54, 1.807) is 7.11 Å². The number of nitrogens with one attached hydrogen (secondary N) is 1. The molecule has 0 amide bonds. The predicted molar refractivity (Wildman–Crippen MR) is 113 cm³/mol. The number of ether oxygens (including phenoxy) is 1. The van der Waals surface area contributed by atoms with E-state index in [2.05, 4.69) is 9.62 Å². The molecule has 29 heavy (non-hydrogen) atoms. The molecule has 154 valence electrons. The number of rotatable bonds is 7. The van der Waals surface area contributed by atoms with Crippen molar-refractivity contribution >= 4 is 21.6 Å². The van der Waals surface area contributed by atoms with Gasteiger partial charge in [0.25, 0.3) is 0 Å². The molecule has 2 aromatic rings. The van der Waals surface area contributed by atoms with E-state index in [9.17, 15) is 8.42 Å². The lowest BCUT2D eigenvalue weighted by Gasteiger charge is -2.35. The van der Waals surface area contributed by atoms with Crippen molar-refractivity contribution in [1.29, 1.82) is 5.26 Å². The summed E-state index contributed by atoms with van der Waals surface area (Å²) in [7, 11) is -2.16. The highest BCUT2D eigenvalue weighted by Gasteiger charge is 2.25. The van der Waals surface area contributed by atoms with Crippen LogP contribution in [0.25, 0.3) is 0 Å². The Morgan fingerprint density at radius 3 is 2.48 bits per heavy atom. The minimum absolute atomic E-state index is 0.0329. The molecular weight excluding hydrogens is 410 g/mol. The fourth-order valence-electron chi connectivity index (χ4n) is 3.54. The summed E-state index contributed by atoms with van der Waals surface area (Å²) in [6.07, 6.45) is 3.39. The van der Waals surface area contributed by atoms with Crippen LogP contribution in [0.15, 0.2) is 47.4 Å². The monoisotopic (exact) mass is 433 g/mol. The smallest absolute Gasteiger partial charge is 0.240 e. The van der Waals surface area contributed by atoms with Crippen LogP contribution in [0.5, 0.6) is 5.75 Å². The molecule has 3 rings (SSSR count). The molecule has 1 N–H and O–H groups in total. The summed E-state index contributed by atoms with van der Waals surface area (Å²) in [5, 5.41) is 9.35. The number of sulfonamides is 1. The molecule has 0 saturated carbocycles. The van der Waals surface area contributed by atoms with Gasteiger partial charge in [0, 0.05) is 12.6 Å². The van der Waals surface area contributed by atoms with Gasteiger partial charge in [-0.25, -0.2) is 13.1 Å². The van der Waals surface area contributed by atoms with Crippen molar-refractivity contribution < 1.29 is 13.2 Å². The molecule has 2 aromatic carbocycles. The average molecular weight is 434 g/mol. The van der Waals surface area contributed by atoms with E-state index >= 15 is 0 Å². The summed E-state index contributed by atoms with van der Waals surface area (Å²) in [5.41, 5.74) is 1.17. The first kappa shape index (κ1) is 21.6. The van der Waals surface area contributed by atoms with Crippen LogP contribution in [-0.2, 0) is 10.0 Å². The topological polar surface area (TPSA) is 82.4 Å². The third-order valence-corrected chi connectivity index (χ3v) is 6.92. The number of hydrogen-bond acceptors (Lipinski definition) is 5. The molecule has 1 unspecified atom stereocenters. The van der Waals surface area contributed by atoms with Gasteiger partial charge in [0.05, 0.1) is 22.6 Å². The van der Waals surface area contributed by atoms with Crippen LogP contribution in [0.4, 0.5) is 0 Å². The Morgan fingerprint density at radius 1 is 1.17 bits per heavy atom. The number of nitriles is 1. The lowest BCUT2D eigenvalue weighted by molar-refractivity contribution is 0.164. The average Bonchev–Trinajstić information content (AvgIpc) is 2.75. The quantitative estimate of drug-likeness (QED) is 0.719. The van der Waals surface area contributed by atoms with Crippen molar-refractivity contribution in [3.8, 4) is 11.8 Å². The summed E-state index contributed by atoms with van der Waals surface area (Å²) in [6, 6.07) is 13.7. The number of methoxy groups -OCH3 is 1. The van der Waals surface area contributed by atoms with Crippen LogP contribution in [-0.4, -0.2) is 40.1 Å². The molecule has 1 atom stereocenters. The SMILES string of the molecule is COc1ccc(C(CNS(=O)(=O)c2ccc(Cl)c(C#N)c2)N2CCCCC2)cc1. The zero-order valence-corrected chi connectivity index (χ0v) is 17.8. The van der Waals surface area contributed by atoms with E-state index in [-0.39, 0.29) is 28.1 Å². The maximum Gasteiger partial charge on any atom is 0.240 e. The van der Waals surface area contributed by atoms with Gasteiger partial charge in [0.2, 0.25) is 10.0 Å². The van der Waals surface area contributed by atoms with Gasteiger partial charge in [-0.15, -0.1) is 0 Å². The number of nitrogens with zero attached hydrogens (tertiary/aromatic N) is 2. The minimum Gasteiger partial charge on any atom is -0.497 e. The highest BCUT2D eigenvalue weighted by molar-refractivity contribution is 7.89. The summed E-state index contributed by atoms with van der Waals surface area (Å²) in [6.45, 7) is 2.09. The number of benzene rings is 2. The maximum absolute atomic E-state index is 12.8. The summed E-state index contributed by atoms with van der Waals surface area (Å²) in [4.78, 5) is 2.35. The fourth-order valence-corrected chi connectivity index (χ4v) is 4.77. The van der Waals surface area contributed by atoms with Gasteiger partial charge in [0.1, 0.15) is 11.8 Å². The van der Waals surface area contributed by atoms with Gasteiger partial charge in [-0.05, 0) is 61.8 Å². The molecule has 0 aromatic heterocycles. The predicted octanol–water partition coefficient (Wildman–Crippen LogP) is 3.73. The van der Waals surface area contributed by atoms with Crippen LogP contribution < -0.4 is 9.46 Å². The summed E-state index contributed by atoms with van der Waals surface area (Å²) >= 11 is 5.93. The Morgan fingerprint density at radius 2 is 1.86 bits per heavy atom. The lowest BCUT2D eigenvalue weighted by atomic mass is 10.0. The Kier molecular flexibility index (Phi) is 7.14. The van der Waals surface area contributed by atoms with Crippen molar-refractivity contribution in [2.75, 3.05) is 26.7 Å². The van der Waals surface area contributed by atoms with Crippen molar-refractivity contribution in [3.05, 3.63) is 58.6 Å². The van der Waals surface area contributed by atoms with Gasteiger partial charge in [-0.1, -0.05) is 30.2 Å². The van der Waals surface area contributed by atoms with Gasteiger partial charge < -0.3 is 4.74 Å². The standard InChI is InChI=1S/C21H24ClN3O3S/c1-28-18-7-5-16(6-8-18)21(25-11-3-2-4-12-25)15-24-29(26,27)19-9-10-20(22)17(13-19)14-23/h5-10,13,21,24H,2-4,11-12,15H2,1H3. The van der Waals surface area contributed by atoms with Gasteiger partial charge in [-0.3, -0.25) is 4.90 Å². The summed E-state index contributed by atoms with van der Waals surface area (Å²) in [5.74, 6) is 0.761. The van der Waals surface area contributed by atoms with Crippen LogP contribution in [0.2, 0.25) is 5.02 Å². The van der Waals surface area contributed by atoms with Crippen LogP contribution in [0.3, 0.4) is 0 Å². The second-order valence-corrected chi connectivity index (χ2v) is 9.17. The number of halogens is 1. The van der Waals surface area contributed by atoms with E-state index in [1.807, 2.05) is 30.3 Å². The zero-order valence-electron chi connectivity index (χ0n) is 16.3. The molecule has 0 radical (unpaired) electrons. The maximum atomic E-state index is 12.8. The zero-order chi connectivity index (χ0) is 20.9. The Hall–Kier alpha value is -2.11. The minimum atomic E-state index is -3.78. The Bertz CT molecular complexity index is 981. The third kappa shape index (κ3) is 5.28. The second kappa shape index (κ2) is 9.59. The Balaban J connectivity index is 1.82. The molecular formula is C21H24ClN3O3S. The van der Waals surface area contributed by atoms with E-state index in [4.69, 9.17) is 21.6 Å². The number of piperidine rings is 1. The van der Waals surface area contributed by atoms with Crippen LogP contribution in [0, 0.1) is 11.3 Å². The van der Waals surface area contributed by atoms with E-state index < -0.39 is 10.0 Å². The normalized spacial score (nSPS) is 16.2. The van der Waals surface area contributed by atoms with Gasteiger partial charge in [-0.2, -0.15) is 5.26 Å². The first-order chi connectivity index (χ1) is 13.9. The molecule has 6 nitrogen and oxygen atoms in total. The highest BCUT2D eigenvalue weighted by atomic mass is 35.5. The van der Waals surface area contributed by atoms with Crippen molar-refractivity contribution in [3.63, 3.8) is 0 Å². The van der Waals surface area contributed by atoms with Gasteiger partial charge >= 0.3 is 0 Å². The second-order valence-electron chi connectivity index (χ2n) is 6.99. The van der Waals surface area contributed by atoms with Crippen molar-refractivity contribution in [2.45, 2.75) is 30.2 Å². The molecule has 1 heterocycles. The van der Waals surface area contributed by atoms with E-state index in [0.717, 1.165) is 37.2 Å². The van der Waals surface area contributed by atoms with E-state index in [1.165, 1.54) is 24.6 Å². The lowest BCUT2D eigenvalue weighted by Crippen LogP contribution is -2.40. The van der Waals surface area contributed by atoms with Crippen LogP contribution in [0.1, 0.15) is 36.4 Å². The molecule has 0 spiro atoms. The summed E-state index contributed by atoms with van der Waals surface area (Å²) < 4.78 is 33.6. The molecule has 1 saturated heterocycles. The fraction of sp³-hybridized carbons (Fsp3) is 0.381. The number of hydrogen-bond donors (Lipinski definition) is 1. The van der Waals surface area contributed by atoms with E-state index in [0.29, 0.717) is 0 Å². The Labute approximate surface area is 177 Å². The molecule has 0 aliphatic carbocycles. The molecule has 1 aliphatic heterocycles. The van der Waals surface area contributed by atoms with Crippen molar-refractivity contribution in [1.82, 2.24) is 9.62 Å². The largest absolute Gasteiger partial charge is 0.497 e. The van der Waals surface area contributed by atoms with Crippen LogP contribution >= 0.6 is 11.6 Å². The molecule has 1 aliphatic rings. The third-order valence-electron chi connectivity index (χ3n) is 5.17. The molecule has 8 heteroatoms. The highest BCUT2D eigenvalue weighted by Crippen LogP contribution is 2.27.